The van der Waals surface area contributed by atoms with Crippen molar-refractivity contribution in [2.45, 2.75) is 6.54 Å². The van der Waals surface area contributed by atoms with Gasteiger partial charge in [-0.25, -0.2) is 9.18 Å². The molecule has 0 aliphatic carbocycles. The van der Waals surface area contributed by atoms with Gasteiger partial charge in [0, 0.05) is 18.1 Å². The molecule has 0 saturated carbocycles. The van der Waals surface area contributed by atoms with Gasteiger partial charge in [0.2, 0.25) is 0 Å². The molecule has 0 aliphatic heterocycles. The molecular weight excluding hydrogens is 325 g/mol. The van der Waals surface area contributed by atoms with Crippen molar-refractivity contribution in [2.24, 2.45) is 0 Å². The van der Waals surface area contributed by atoms with E-state index in [1.54, 1.807) is 11.9 Å². The second-order valence-electron chi connectivity index (χ2n) is 4.45. The first kappa shape index (κ1) is 14.5. The Kier molecular flexibility index (Phi) is 4.39. The molecule has 0 bridgehead atoms. The molecule has 104 valence electrons. The predicted octanol–water partition coefficient (Wildman–Crippen LogP) is 3.92. The molecule has 0 atom stereocenters. The summed E-state index contributed by atoms with van der Waals surface area (Å²) in [6.45, 7) is 0.541. The maximum atomic E-state index is 13.2. The van der Waals surface area contributed by atoms with E-state index in [1.165, 1.54) is 12.1 Å². The van der Waals surface area contributed by atoms with Gasteiger partial charge in [0.15, 0.2) is 0 Å². The Morgan fingerprint density at radius 3 is 2.50 bits per heavy atom. The maximum absolute atomic E-state index is 13.2. The fourth-order valence-corrected chi connectivity index (χ4v) is 2.23. The van der Waals surface area contributed by atoms with Gasteiger partial charge in [-0.3, -0.25) is 0 Å². The van der Waals surface area contributed by atoms with E-state index in [4.69, 9.17) is 5.11 Å². The Hall–Kier alpha value is -1.88. The summed E-state index contributed by atoms with van der Waals surface area (Å²) in [7, 11) is 1.78. The van der Waals surface area contributed by atoms with Gasteiger partial charge < -0.3 is 10.0 Å². The minimum atomic E-state index is -1.14. The largest absolute Gasteiger partial charge is 0.478 e. The normalized spacial score (nSPS) is 10.3. The molecule has 2 rings (SSSR count). The Morgan fingerprint density at radius 1 is 1.25 bits per heavy atom. The lowest BCUT2D eigenvalue weighted by atomic mass is 10.1. The minimum absolute atomic E-state index is 0.0374. The zero-order valence-corrected chi connectivity index (χ0v) is 12.4. The Morgan fingerprint density at radius 2 is 1.90 bits per heavy atom. The van der Waals surface area contributed by atoms with Gasteiger partial charge >= 0.3 is 5.97 Å². The average Bonchev–Trinajstić information content (AvgIpc) is 2.41. The van der Waals surface area contributed by atoms with Crippen molar-refractivity contribution in [3.63, 3.8) is 0 Å². The smallest absolute Gasteiger partial charge is 0.337 e. The molecule has 0 unspecified atom stereocenters. The van der Waals surface area contributed by atoms with Crippen molar-refractivity contribution in [3.8, 4) is 0 Å². The van der Waals surface area contributed by atoms with E-state index in [2.05, 4.69) is 15.9 Å². The van der Waals surface area contributed by atoms with Gasteiger partial charge in [-0.05, 0) is 35.9 Å². The van der Waals surface area contributed by atoms with Crippen molar-refractivity contribution >= 4 is 27.6 Å². The van der Waals surface area contributed by atoms with E-state index < -0.39 is 11.8 Å². The molecule has 5 heteroatoms. The van der Waals surface area contributed by atoms with E-state index in [0.29, 0.717) is 12.2 Å². The number of halogens is 2. The lowest BCUT2D eigenvalue weighted by Crippen LogP contribution is -2.19. The molecule has 3 nitrogen and oxygen atoms in total. The highest BCUT2D eigenvalue weighted by Gasteiger charge is 2.14. The van der Waals surface area contributed by atoms with Crippen LogP contribution in [0.1, 0.15) is 15.9 Å². The van der Waals surface area contributed by atoms with Crippen molar-refractivity contribution in [1.82, 2.24) is 0 Å². The molecule has 0 aromatic heterocycles. The predicted molar refractivity (Wildman–Crippen MR) is 79.6 cm³/mol. The first-order chi connectivity index (χ1) is 9.47. The van der Waals surface area contributed by atoms with Crippen LogP contribution in [0.15, 0.2) is 46.9 Å². The van der Waals surface area contributed by atoms with Crippen LogP contribution in [0.3, 0.4) is 0 Å². The molecule has 0 fully saturated rings. The summed E-state index contributed by atoms with van der Waals surface area (Å²) >= 11 is 3.36. The Balaban J connectivity index is 2.27. The zero-order chi connectivity index (χ0) is 14.7. The first-order valence-electron chi connectivity index (χ1n) is 5.96. The number of carbonyl (C=O) groups is 1. The summed E-state index contributed by atoms with van der Waals surface area (Å²) in [6.07, 6.45) is 0. The van der Waals surface area contributed by atoms with Crippen molar-refractivity contribution in [1.29, 1.82) is 0 Å². The van der Waals surface area contributed by atoms with Gasteiger partial charge in [-0.1, -0.05) is 28.1 Å². The molecule has 0 aliphatic rings. The highest BCUT2D eigenvalue weighted by Crippen LogP contribution is 2.23. The summed E-state index contributed by atoms with van der Waals surface area (Å²) in [5.41, 5.74) is 1.49. The zero-order valence-electron chi connectivity index (χ0n) is 10.8. The molecule has 0 saturated heterocycles. The van der Waals surface area contributed by atoms with E-state index in [9.17, 15) is 9.18 Å². The number of anilines is 1. The number of nitrogens with zero attached hydrogens (tertiary/aromatic N) is 1. The monoisotopic (exact) mass is 337 g/mol. The number of rotatable bonds is 4. The average molecular weight is 338 g/mol. The number of aromatic carboxylic acids is 1. The molecule has 2 aromatic rings. The Labute approximate surface area is 124 Å². The minimum Gasteiger partial charge on any atom is -0.478 e. The first-order valence-corrected chi connectivity index (χ1v) is 6.75. The topological polar surface area (TPSA) is 40.5 Å². The van der Waals surface area contributed by atoms with Crippen LogP contribution in [-0.2, 0) is 6.54 Å². The molecule has 1 N–H and O–H groups in total. The molecule has 20 heavy (non-hydrogen) atoms. The van der Waals surface area contributed by atoms with Crippen LogP contribution < -0.4 is 4.90 Å². The third-order valence-corrected chi connectivity index (χ3v) is 3.46. The number of hydrogen-bond donors (Lipinski definition) is 1. The highest BCUT2D eigenvalue weighted by atomic mass is 79.9. The van der Waals surface area contributed by atoms with Crippen LogP contribution in [-0.4, -0.2) is 18.1 Å². The van der Waals surface area contributed by atoms with Gasteiger partial charge in [-0.15, -0.1) is 0 Å². The fraction of sp³-hybridized carbons (Fsp3) is 0.133. The van der Waals surface area contributed by atoms with Crippen LogP contribution in [0, 0.1) is 5.82 Å². The maximum Gasteiger partial charge on any atom is 0.337 e. The third kappa shape index (κ3) is 3.36. The summed E-state index contributed by atoms with van der Waals surface area (Å²) in [5.74, 6) is -1.69. The van der Waals surface area contributed by atoms with Crippen molar-refractivity contribution < 1.29 is 14.3 Å². The van der Waals surface area contributed by atoms with E-state index in [0.717, 1.165) is 16.1 Å². The fourth-order valence-electron chi connectivity index (χ4n) is 1.96. The molecule has 0 radical (unpaired) electrons. The Bertz CT molecular complexity index is 628. The second kappa shape index (κ2) is 6.05. The van der Waals surface area contributed by atoms with Gasteiger partial charge in [0.05, 0.1) is 11.3 Å². The van der Waals surface area contributed by atoms with Gasteiger partial charge in [-0.2, -0.15) is 0 Å². The lowest BCUT2D eigenvalue weighted by molar-refractivity contribution is 0.0697. The van der Waals surface area contributed by atoms with Crippen LogP contribution in [0.5, 0.6) is 0 Å². The highest BCUT2D eigenvalue weighted by molar-refractivity contribution is 9.10. The van der Waals surface area contributed by atoms with E-state index in [1.807, 2.05) is 24.3 Å². The van der Waals surface area contributed by atoms with Crippen LogP contribution in [0.25, 0.3) is 0 Å². The summed E-state index contributed by atoms with van der Waals surface area (Å²) in [5, 5.41) is 9.14. The second-order valence-corrected chi connectivity index (χ2v) is 5.36. The van der Waals surface area contributed by atoms with Crippen LogP contribution in [0.2, 0.25) is 0 Å². The third-order valence-electron chi connectivity index (χ3n) is 2.93. The molecular formula is C15H13BrFNO2. The van der Waals surface area contributed by atoms with Gasteiger partial charge in [0.25, 0.3) is 0 Å². The lowest BCUT2D eigenvalue weighted by Gasteiger charge is -2.21. The number of hydrogen-bond acceptors (Lipinski definition) is 2. The molecule has 0 amide bonds. The quantitative estimate of drug-likeness (QED) is 0.919. The van der Waals surface area contributed by atoms with Crippen molar-refractivity contribution in [2.75, 3.05) is 11.9 Å². The van der Waals surface area contributed by atoms with E-state index in [-0.39, 0.29) is 5.56 Å². The van der Waals surface area contributed by atoms with Crippen LogP contribution >= 0.6 is 15.9 Å². The summed E-state index contributed by atoms with van der Waals surface area (Å²) < 4.78 is 14.1. The van der Waals surface area contributed by atoms with Gasteiger partial charge in [0.1, 0.15) is 5.82 Å². The molecule has 0 heterocycles. The summed E-state index contributed by atoms with van der Waals surface area (Å²) in [4.78, 5) is 13.0. The standard InChI is InChI=1S/C15H13BrFNO2/c1-18(9-10-2-4-11(16)5-3-10)14-7-6-12(17)8-13(14)15(19)20/h2-8H,9H2,1H3,(H,19,20). The molecule has 0 spiro atoms. The number of carboxylic acids is 1. The number of carboxylic acid groups (broad SMARTS) is 1. The summed E-state index contributed by atoms with van der Waals surface area (Å²) in [6, 6.07) is 11.5. The van der Waals surface area contributed by atoms with Crippen molar-refractivity contribution in [3.05, 3.63) is 63.9 Å². The SMILES string of the molecule is CN(Cc1ccc(Br)cc1)c1ccc(F)cc1C(=O)O. The van der Waals surface area contributed by atoms with Crippen LogP contribution in [0.4, 0.5) is 10.1 Å². The molecule has 2 aromatic carbocycles. The number of benzene rings is 2. The van der Waals surface area contributed by atoms with E-state index >= 15 is 0 Å².